The lowest BCUT2D eigenvalue weighted by atomic mass is 9.92. The van der Waals surface area contributed by atoms with Crippen LogP contribution in [0, 0.1) is 0 Å². The van der Waals surface area contributed by atoms with Gasteiger partial charge in [-0.15, -0.1) is 0 Å². The van der Waals surface area contributed by atoms with E-state index in [1.165, 1.54) is 0 Å². The fourth-order valence-electron chi connectivity index (χ4n) is 2.50. The quantitative estimate of drug-likeness (QED) is 0.838. The van der Waals surface area contributed by atoms with Gasteiger partial charge < -0.3 is 4.74 Å². The second-order valence-corrected chi connectivity index (χ2v) is 5.02. The van der Waals surface area contributed by atoms with Gasteiger partial charge in [-0.25, -0.2) is 0 Å². The van der Waals surface area contributed by atoms with Gasteiger partial charge in [-0.1, -0.05) is 48.5 Å². The van der Waals surface area contributed by atoms with Crippen LogP contribution >= 0.6 is 0 Å². The van der Waals surface area contributed by atoms with Gasteiger partial charge >= 0.3 is 0 Å². The minimum atomic E-state index is -0.204. The lowest BCUT2D eigenvalue weighted by Gasteiger charge is -2.27. The van der Waals surface area contributed by atoms with Crippen molar-refractivity contribution in [3.63, 3.8) is 0 Å². The zero-order valence-electron chi connectivity index (χ0n) is 11.4. The molecule has 2 nitrogen and oxygen atoms in total. The molecule has 0 saturated carbocycles. The monoisotopic (exact) mass is 264 g/mol. The maximum absolute atomic E-state index is 11.5. The van der Waals surface area contributed by atoms with E-state index in [1.807, 2.05) is 42.5 Å². The first-order valence-corrected chi connectivity index (χ1v) is 6.76. The maximum atomic E-state index is 11.5. The third kappa shape index (κ3) is 2.50. The summed E-state index contributed by atoms with van der Waals surface area (Å²) >= 11 is 0. The van der Waals surface area contributed by atoms with Crippen LogP contribution in [-0.2, 0) is 4.79 Å². The molecular formula is C18H16O2. The van der Waals surface area contributed by atoms with Crippen molar-refractivity contribution in [2.45, 2.75) is 19.4 Å². The van der Waals surface area contributed by atoms with E-state index in [9.17, 15) is 4.79 Å². The number of rotatable bonds is 3. The molecule has 1 aliphatic rings. The standard InChI is InChI=1S/C18H16O2/c1-13(19)11-18-16(14-7-3-2-4-8-14)12-15-9-5-6-10-17(15)20-18/h2-10,12,18H,11H2,1H3. The fourth-order valence-corrected chi connectivity index (χ4v) is 2.50. The zero-order valence-corrected chi connectivity index (χ0v) is 11.4. The second-order valence-electron chi connectivity index (χ2n) is 5.02. The largest absolute Gasteiger partial charge is 0.485 e. The minimum absolute atomic E-state index is 0.135. The summed E-state index contributed by atoms with van der Waals surface area (Å²) in [6.07, 6.45) is 2.32. The van der Waals surface area contributed by atoms with Gasteiger partial charge in [0.2, 0.25) is 0 Å². The van der Waals surface area contributed by atoms with Crippen molar-refractivity contribution in [3.05, 3.63) is 65.7 Å². The number of fused-ring (bicyclic) bond motifs is 1. The summed E-state index contributed by atoms with van der Waals surface area (Å²) in [5, 5.41) is 0. The first-order chi connectivity index (χ1) is 9.74. The number of hydrogen-bond donors (Lipinski definition) is 0. The number of Topliss-reactive ketones (excluding diaryl/α,β-unsaturated/α-hetero) is 1. The Labute approximate surface area is 118 Å². The van der Waals surface area contributed by atoms with Crippen LogP contribution < -0.4 is 4.74 Å². The molecule has 0 amide bonds. The van der Waals surface area contributed by atoms with Crippen molar-refractivity contribution < 1.29 is 9.53 Å². The molecule has 0 N–H and O–H groups in total. The number of ether oxygens (including phenoxy) is 1. The van der Waals surface area contributed by atoms with Crippen LogP contribution in [0.2, 0.25) is 0 Å². The maximum Gasteiger partial charge on any atom is 0.133 e. The third-order valence-corrected chi connectivity index (χ3v) is 3.43. The van der Waals surface area contributed by atoms with Crippen molar-refractivity contribution in [1.29, 1.82) is 0 Å². The van der Waals surface area contributed by atoms with Crippen LogP contribution in [0.25, 0.3) is 11.6 Å². The predicted octanol–water partition coefficient (Wildman–Crippen LogP) is 3.97. The lowest BCUT2D eigenvalue weighted by molar-refractivity contribution is -0.118. The van der Waals surface area contributed by atoms with Crippen molar-refractivity contribution in [2.75, 3.05) is 0 Å². The van der Waals surface area contributed by atoms with E-state index in [0.717, 1.165) is 22.4 Å². The highest BCUT2D eigenvalue weighted by Crippen LogP contribution is 2.35. The zero-order chi connectivity index (χ0) is 13.9. The van der Waals surface area contributed by atoms with Crippen LogP contribution in [0.1, 0.15) is 24.5 Å². The van der Waals surface area contributed by atoms with E-state index in [2.05, 4.69) is 18.2 Å². The van der Waals surface area contributed by atoms with Crippen molar-refractivity contribution >= 4 is 17.4 Å². The molecule has 0 radical (unpaired) electrons. The Balaban J connectivity index is 2.06. The highest BCUT2D eigenvalue weighted by atomic mass is 16.5. The Morgan fingerprint density at radius 1 is 1.05 bits per heavy atom. The van der Waals surface area contributed by atoms with Gasteiger partial charge in [0, 0.05) is 17.6 Å². The molecule has 0 aliphatic carbocycles. The van der Waals surface area contributed by atoms with Crippen molar-refractivity contribution in [2.24, 2.45) is 0 Å². The van der Waals surface area contributed by atoms with Crippen LogP contribution in [-0.4, -0.2) is 11.9 Å². The average molecular weight is 264 g/mol. The fraction of sp³-hybridized carbons (Fsp3) is 0.167. The number of ketones is 1. The van der Waals surface area contributed by atoms with Gasteiger partial charge in [0.15, 0.2) is 0 Å². The Kier molecular flexibility index (Phi) is 3.38. The van der Waals surface area contributed by atoms with Gasteiger partial charge in [-0.05, 0) is 24.6 Å². The van der Waals surface area contributed by atoms with E-state index in [1.54, 1.807) is 6.92 Å². The molecule has 0 spiro atoms. The van der Waals surface area contributed by atoms with Gasteiger partial charge in [0.1, 0.15) is 17.6 Å². The summed E-state index contributed by atoms with van der Waals surface area (Å²) in [5.41, 5.74) is 3.24. The summed E-state index contributed by atoms with van der Waals surface area (Å²) in [4.78, 5) is 11.5. The smallest absolute Gasteiger partial charge is 0.133 e. The van der Waals surface area contributed by atoms with E-state index in [0.29, 0.717) is 6.42 Å². The molecule has 20 heavy (non-hydrogen) atoms. The highest BCUT2D eigenvalue weighted by Gasteiger charge is 2.24. The molecule has 0 saturated heterocycles. The van der Waals surface area contributed by atoms with Gasteiger partial charge in [0.25, 0.3) is 0 Å². The van der Waals surface area contributed by atoms with E-state index in [4.69, 9.17) is 4.74 Å². The molecule has 1 unspecified atom stereocenters. The van der Waals surface area contributed by atoms with E-state index in [-0.39, 0.29) is 11.9 Å². The highest BCUT2D eigenvalue weighted by molar-refractivity contribution is 5.90. The van der Waals surface area contributed by atoms with Crippen LogP contribution in [0.15, 0.2) is 54.6 Å². The number of benzene rings is 2. The molecule has 2 aromatic carbocycles. The molecular weight excluding hydrogens is 248 g/mol. The van der Waals surface area contributed by atoms with Gasteiger partial charge in [0.05, 0.1) is 0 Å². The van der Waals surface area contributed by atoms with E-state index < -0.39 is 0 Å². The van der Waals surface area contributed by atoms with Crippen molar-refractivity contribution in [1.82, 2.24) is 0 Å². The second kappa shape index (κ2) is 5.33. The molecule has 2 aromatic rings. The summed E-state index contributed by atoms with van der Waals surface area (Å²) in [6.45, 7) is 1.60. The average Bonchev–Trinajstić information content (AvgIpc) is 2.47. The molecule has 2 heteroatoms. The summed E-state index contributed by atoms with van der Waals surface area (Å²) in [6, 6.07) is 18.0. The summed E-state index contributed by atoms with van der Waals surface area (Å²) in [7, 11) is 0. The minimum Gasteiger partial charge on any atom is -0.485 e. The lowest BCUT2D eigenvalue weighted by Crippen LogP contribution is -2.24. The summed E-state index contributed by atoms with van der Waals surface area (Å²) < 4.78 is 6.02. The molecule has 3 rings (SSSR count). The first kappa shape index (κ1) is 12.7. The topological polar surface area (TPSA) is 26.3 Å². The number of para-hydroxylation sites is 1. The first-order valence-electron chi connectivity index (χ1n) is 6.76. The molecule has 0 bridgehead atoms. The predicted molar refractivity (Wildman–Crippen MR) is 80.5 cm³/mol. The van der Waals surface area contributed by atoms with Crippen LogP contribution in [0.3, 0.4) is 0 Å². The molecule has 1 heterocycles. The van der Waals surface area contributed by atoms with E-state index >= 15 is 0 Å². The van der Waals surface area contributed by atoms with Crippen LogP contribution in [0.4, 0.5) is 0 Å². The Bertz CT molecular complexity index is 656. The number of carbonyl (C=O) groups excluding carboxylic acids is 1. The summed E-state index contributed by atoms with van der Waals surface area (Å²) in [5.74, 6) is 0.981. The Hall–Kier alpha value is -2.35. The SMILES string of the molecule is CC(=O)CC1Oc2ccccc2C=C1c1ccccc1. The number of carbonyl (C=O) groups is 1. The Morgan fingerprint density at radius 2 is 1.75 bits per heavy atom. The molecule has 100 valence electrons. The third-order valence-electron chi connectivity index (χ3n) is 3.43. The van der Waals surface area contributed by atoms with Gasteiger partial charge in [-0.2, -0.15) is 0 Å². The normalized spacial score (nSPS) is 16.9. The molecule has 0 fully saturated rings. The molecule has 1 atom stereocenters. The molecule has 1 aliphatic heterocycles. The van der Waals surface area contributed by atoms with Crippen molar-refractivity contribution in [3.8, 4) is 5.75 Å². The molecule has 0 aromatic heterocycles. The van der Waals surface area contributed by atoms with Crippen LogP contribution in [0.5, 0.6) is 5.75 Å². The number of hydrogen-bond acceptors (Lipinski definition) is 2. The Morgan fingerprint density at radius 3 is 2.50 bits per heavy atom. The van der Waals surface area contributed by atoms with Gasteiger partial charge in [-0.3, -0.25) is 4.79 Å².